The van der Waals surface area contributed by atoms with Crippen LogP contribution in [0.1, 0.15) is 5.56 Å². The smallest absolute Gasteiger partial charge is 0.0388 e. The molecule has 0 saturated heterocycles. The van der Waals surface area contributed by atoms with Crippen LogP contribution in [0.5, 0.6) is 0 Å². The molecule has 1 aliphatic rings. The van der Waals surface area contributed by atoms with E-state index < -0.39 is 0 Å². The van der Waals surface area contributed by atoms with Gasteiger partial charge in [-0.05, 0) is 71.0 Å². The van der Waals surface area contributed by atoms with Gasteiger partial charge in [-0.1, -0.05) is 66.2 Å². The molecule has 223 valence electrons. The largest absolute Gasteiger partial charge is 0.394 e. The van der Waals surface area contributed by atoms with Crippen molar-refractivity contribution in [1.82, 2.24) is 9.97 Å². The molecule has 5 heteroatoms. The number of thiophene rings is 1. The summed E-state index contributed by atoms with van der Waals surface area (Å²) in [6.45, 7) is 2.23. The second-order valence-electron chi connectivity index (χ2n) is 11.0. The van der Waals surface area contributed by atoms with Gasteiger partial charge in [-0.25, -0.2) is 0 Å². The molecule has 0 amide bonds. The molecule has 0 spiro atoms. The number of pyridine rings is 2. The molecule has 0 atom stereocenters. The van der Waals surface area contributed by atoms with E-state index in [-0.39, 0.29) is 20.1 Å². The summed E-state index contributed by atoms with van der Waals surface area (Å²) in [5.74, 6) is 0. The van der Waals surface area contributed by atoms with Gasteiger partial charge in [-0.2, -0.15) is 0 Å². The van der Waals surface area contributed by atoms with E-state index in [4.69, 9.17) is 0 Å². The van der Waals surface area contributed by atoms with Crippen molar-refractivity contribution in [3.05, 3.63) is 157 Å². The van der Waals surface area contributed by atoms with Crippen LogP contribution in [0, 0.1) is 19.1 Å². The van der Waals surface area contributed by atoms with Crippen LogP contribution in [0.25, 0.3) is 64.9 Å². The third-order valence-electron chi connectivity index (χ3n) is 8.24. The zero-order valence-electron chi connectivity index (χ0n) is 24.9. The summed E-state index contributed by atoms with van der Waals surface area (Å²) in [7, 11) is 0. The van der Waals surface area contributed by atoms with Gasteiger partial charge in [0.2, 0.25) is 0 Å². The van der Waals surface area contributed by atoms with E-state index in [1.54, 1.807) is 6.20 Å². The van der Waals surface area contributed by atoms with Gasteiger partial charge in [-0.3, -0.25) is 0 Å². The predicted molar refractivity (Wildman–Crippen MR) is 189 cm³/mol. The van der Waals surface area contributed by atoms with Crippen LogP contribution in [0.2, 0.25) is 0 Å². The van der Waals surface area contributed by atoms with Crippen molar-refractivity contribution in [2.75, 3.05) is 5.32 Å². The molecule has 46 heavy (non-hydrogen) atoms. The van der Waals surface area contributed by atoms with Gasteiger partial charge in [0, 0.05) is 63.9 Å². The normalized spacial score (nSPS) is 11.2. The van der Waals surface area contributed by atoms with E-state index >= 15 is 0 Å². The maximum Gasteiger partial charge on any atom is 0.0388 e. The Labute approximate surface area is 286 Å². The van der Waals surface area contributed by atoms with Crippen molar-refractivity contribution < 1.29 is 20.1 Å². The SMILES string of the molecule is Cc1c2cccc1-c1cc3sc4ccccc4c3cc1Nc1c[c-]c(-c3ccccn3)cc1-2.[Ir].[c-]1ccccc1-c1ccccn1. The molecule has 1 N–H and O–H groups in total. The summed E-state index contributed by atoms with van der Waals surface area (Å²) in [4.78, 5) is 8.75. The molecule has 0 unspecified atom stereocenters. The maximum absolute atomic E-state index is 4.54. The van der Waals surface area contributed by atoms with Gasteiger partial charge in [0.05, 0.1) is 0 Å². The van der Waals surface area contributed by atoms with Crippen LogP contribution < -0.4 is 5.32 Å². The van der Waals surface area contributed by atoms with Gasteiger partial charge in [-0.15, -0.1) is 71.0 Å². The molecule has 3 aromatic heterocycles. The molecular weight excluding hydrogens is 759 g/mol. The monoisotopic (exact) mass is 786 g/mol. The number of anilines is 2. The van der Waals surface area contributed by atoms with Crippen molar-refractivity contribution in [2.45, 2.75) is 6.92 Å². The molecular formula is C41H27IrN3S-2. The van der Waals surface area contributed by atoms with Crippen molar-refractivity contribution in [2.24, 2.45) is 0 Å². The Balaban J connectivity index is 0.000000220. The zero-order chi connectivity index (χ0) is 30.2. The van der Waals surface area contributed by atoms with E-state index in [0.29, 0.717) is 0 Å². The number of nitrogens with one attached hydrogen (secondary N) is 1. The molecule has 1 aliphatic heterocycles. The van der Waals surface area contributed by atoms with Gasteiger partial charge >= 0.3 is 0 Å². The summed E-state index contributed by atoms with van der Waals surface area (Å²) in [6, 6.07) is 50.5. The third-order valence-corrected chi connectivity index (χ3v) is 9.38. The minimum absolute atomic E-state index is 0. The number of nitrogens with zero attached hydrogens (tertiary/aromatic N) is 2. The first-order valence-electron chi connectivity index (χ1n) is 14.9. The quantitative estimate of drug-likeness (QED) is 0.177. The summed E-state index contributed by atoms with van der Waals surface area (Å²) < 4.78 is 2.64. The van der Waals surface area contributed by atoms with E-state index in [9.17, 15) is 0 Å². The second-order valence-corrected chi connectivity index (χ2v) is 12.1. The van der Waals surface area contributed by atoms with Crippen molar-refractivity contribution in [3.8, 4) is 44.8 Å². The average molecular weight is 786 g/mol. The van der Waals surface area contributed by atoms with Gasteiger partial charge in [0.25, 0.3) is 0 Å². The van der Waals surface area contributed by atoms with Crippen molar-refractivity contribution in [3.63, 3.8) is 0 Å². The maximum atomic E-state index is 4.54. The Bertz CT molecular complexity index is 2260. The van der Waals surface area contributed by atoms with E-state index in [0.717, 1.165) is 33.9 Å². The number of hydrogen-bond acceptors (Lipinski definition) is 4. The molecule has 1 radical (unpaired) electrons. The fourth-order valence-corrected chi connectivity index (χ4v) is 7.15. The molecule has 0 fully saturated rings. The number of fused-ring (bicyclic) bond motifs is 9. The first kappa shape index (κ1) is 29.8. The van der Waals surface area contributed by atoms with Gasteiger partial charge < -0.3 is 15.3 Å². The van der Waals surface area contributed by atoms with E-state index in [2.05, 4.69) is 101 Å². The second kappa shape index (κ2) is 12.8. The van der Waals surface area contributed by atoms with Crippen molar-refractivity contribution >= 4 is 42.9 Å². The van der Waals surface area contributed by atoms with E-state index in [1.165, 1.54) is 48.0 Å². The number of rotatable bonds is 2. The predicted octanol–water partition coefficient (Wildman–Crippen LogP) is 11.2. The van der Waals surface area contributed by atoms with Crippen LogP contribution in [-0.4, -0.2) is 9.97 Å². The standard InChI is InChI=1S/C30H19N2S.C11H8N.Ir/c1-18-20-8-6-9-21(18)24-17-30-25(22-7-2-3-11-29(22)33-30)16-28(24)32-27-13-12-19(15-23(20)27)26-10-4-5-14-31-26;1-2-6-10(7-3-1)11-8-4-5-9-12-11;/h2-11,13-17,32H,1H3;1-6,8-9H;/q2*-1;. The molecule has 8 aromatic rings. The first-order chi connectivity index (χ1) is 22.2. The zero-order valence-corrected chi connectivity index (χ0v) is 28.1. The topological polar surface area (TPSA) is 37.8 Å². The van der Waals surface area contributed by atoms with Crippen LogP contribution in [0.15, 0.2) is 140 Å². The molecule has 2 bridgehead atoms. The Morgan fingerprint density at radius 1 is 0.565 bits per heavy atom. The summed E-state index contributed by atoms with van der Waals surface area (Å²) in [5.41, 5.74) is 12.4. The molecule has 5 aromatic carbocycles. The van der Waals surface area contributed by atoms with Crippen LogP contribution in [0.4, 0.5) is 11.4 Å². The van der Waals surface area contributed by atoms with E-state index in [1.807, 2.05) is 78.2 Å². The molecule has 4 heterocycles. The first-order valence-corrected chi connectivity index (χ1v) is 15.7. The molecule has 3 nitrogen and oxygen atoms in total. The Kier molecular flexibility index (Phi) is 8.30. The Morgan fingerprint density at radius 2 is 1.26 bits per heavy atom. The number of benzene rings is 5. The van der Waals surface area contributed by atoms with Gasteiger partial charge in [0.15, 0.2) is 0 Å². The summed E-state index contributed by atoms with van der Waals surface area (Å²) in [5, 5.41) is 6.37. The number of hydrogen-bond donors (Lipinski definition) is 1. The minimum Gasteiger partial charge on any atom is -0.394 e. The number of aromatic nitrogens is 2. The fraction of sp³-hybridized carbons (Fsp3) is 0.0244. The molecule has 0 saturated carbocycles. The van der Waals surface area contributed by atoms with Crippen LogP contribution in [-0.2, 0) is 20.1 Å². The van der Waals surface area contributed by atoms with Gasteiger partial charge in [0.1, 0.15) is 0 Å². The van der Waals surface area contributed by atoms with Crippen molar-refractivity contribution in [1.29, 1.82) is 0 Å². The minimum atomic E-state index is 0. The Hall–Kier alpha value is -4.93. The van der Waals surface area contributed by atoms with Crippen LogP contribution in [0.3, 0.4) is 0 Å². The van der Waals surface area contributed by atoms with Crippen LogP contribution >= 0.6 is 11.3 Å². The molecule has 0 aliphatic carbocycles. The summed E-state index contributed by atoms with van der Waals surface area (Å²) in [6.07, 6.45) is 3.62. The molecule has 9 rings (SSSR count). The third kappa shape index (κ3) is 5.54. The average Bonchev–Trinajstić information content (AvgIpc) is 3.47. The Morgan fingerprint density at radius 3 is 1.98 bits per heavy atom. The summed E-state index contributed by atoms with van der Waals surface area (Å²) >= 11 is 1.86. The fourth-order valence-electron chi connectivity index (χ4n) is 6.02.